The quantitative estimate of drug-likeness (QED) is 0.889. The predicted octanol–water partition coefficient (Wildman–Crippen LogP) is 1.79. The third-order valence-corrected chi connectivity index (χ3v) is 4.95. The van der Waals surface area contributed by atoms with Gasteiger partial charge in [0.15, 0.2) is 6.54 Å². The normalized spacial score (nSPS) is 15.2. The number of amides is 1. The van der Waals surface area contributed by atoms with Crippen LogP contribution in [0.5, 0.6) is 0 Å². The van der Waals surface area contributed by atoms with E-state index in [2.05, 4.69) is 10.2 Å². The van der Waals surface area contributed by atoms with Crippen LogP contribution >= 0.6 is 0 Å². The molecular formula is C20H25FN3O+. The van der Waals surface area contributed by atoms with Crippen LogP contribution in [0, 0.1) is 19.7 Å². The average Bonchev–Trinajstić information content (AvgIpc) is 2.60. The first-order valence-corrected chi connectivity index (χ1v) is 8.73. The molecule has 2 aromatic carbocycles. The van der Waals surface area contributed by atoms with Crippen molar-refractivity contribution in [1.82, 2.24) is 0 Å². The summed E-state index contributed by atoms with van der Waals surface area (Å²) < 4.78 is 13.9. The number of nitrogens with zero attached hydrogens (tertiary/aromatic N) is 1. The molecule has 1 aliphatic rings. The number of rotatable bonds is 4. The Labute approximate surface area is 148 Å². The highest BCUT2D eigenvalue weighted by Crippen LogP contribution is 2.19. The van der Waals surface area contributed by atoms with Crippen molar-refractivity contribution in [3.8, 4) is 0 Å². The minimum absolute atomic E-state index is 0.0306. The zero-order chi connectivity index (χ0) is 17.8. The Hall–Kier alpha value is -2.40. The molecule has 132 valence electrons. The summed E-state index contributed by atoms with van der Waals surface area (Å²) in [5.41, 5.74) is 3.81. The molecule has 0 spiro atoms. The predicted molar refractivity (Wildman–Crippen MR) is 98.7 cm³/mol. The maximum absolute atomic E-state index is 13.9. The number of anilines is 2. The van der Waals surface area contributed by atoms with Crippen LogP contribution in [0.1, 0.15) is 11.1 Å². The van der Waals surface area contributed by atoms with Gasteiger partial charge in [-0.05, 0) is 43.2 Å². The zero-order valence-electron chi connectivity index (χ0n) is 14.8. The molecule has 0 radical (unpaired) electrons. The van der Waals surface area contributed by atoms with E-state index in [1.807, 2.05) is 44.2 Å². The van der Waals surface area contributed by atoms with E-state index in [0.29, 0.717) is 12.2 Å². The molecule has 1 amide bonds. The van der Waals surface area contributed by atoms with E-state index in [0.717, 1.165) is 37.4 Å². The van der Waals surface area contributed by atoms with Crippen LogP contribution in [-0.2, 0) is 4.79 Å². The fourth-order valence-electron chi connectivity index (χ4n) is 3.26. The third-order valence-electron chi connectivity index (χ3n) is 4.95. The van der Waals surface area contributed by atoms with Crippen LogP contribution in [0.2, 0.25) is 0 Å². The summed E-state index contributed by atoms with van der Waals surface area (Å²) in [6, 6.07) is 12.8. The second-order valence-corrected chi connectivity index (χ2v) is 6.66. The number of carbonyl (C=O) groups is 1. The smallest absolute Gasteiger partial charge is 0.279 e. The van der Waals surface area contributed by atoms with E-state index in [-0.39, 0.29) is 11.7 Å². The number of carbonyl (C=O) groups excluding carboxylic acids is 1. The standard InChI is InChI=1S/C20H24FN3O/c1-15-6-5-8-18(16(15)2)22-20(25)14-23-10-12-24(13-11-23)19-9-4-3-7-17(19)21/h3-9H,10-14H2,1-2H3,(H,22,25)/p+1. The number of benzene rings is 2. The minimum atomic E-state index is -0.182. The lowest BCUT2D eigenvalue weighted by Gasteiger charge is -2.33. The largest absolute Gasteiger partial charge is 0.358 e. The maximum atomic E-state index is 13.9. The van der Waals surface area contributed by atoms with Crippen LogP contribution in [0.3, 0.4) is 0 Å². The summed E-state index contributed by atoms with van der Waals surface area (Å²) in [5.74, 6) is -0.151. The molecule has 1 fully saturated rings. The van der Waals surface area contributed by atoms with Gasteiger partial charge in [0.1, 0.15) is 5.82 Å². The molecule has 2 aromatic rings. The Morgan fingerprint density at radius 2 is 1.84 bits per heavy atom. The van der Waals surface area contributed by atoms with E-state index in [1.54, 1.807) is 6.07 Å². The van der Waals surface area contributed by atoms with E-state index in [9.17, 15) is 9.18 Å². The average molecular weight is 342 g/mol. The SMILES string of the molecule is Cc1cccc(NC(=O)C[NH+]2CCN(c3ccccc3F)CC2)c1C. The molecule has 2 N–H and O–H groups in total. The third kappa shape index (κ3) is 4.17. The Kier molecular flexibility index (Phi) is 5.34. The van der Waals surface area contributed by atoms with Crippen LogP contribution in [-0.4, -0.2) is 38.6 Å². The lowest BCUT2D eigenvalue weighted by Crippen LogP contribution is -3.15. The van der Waals surface area contributed by atoms with Gasteiger partial charge in [0.2, 0.25) is 0 Å². The number of para-hydroxylation sites is 1. The summed E-state index contributed by atoms with van der Waals surface area (Å²) in [4.78, 5) is 15.6. The molecule has 1 aliphatic heterocycles. The van der Waals surface area contributed by atoms with Crippen LogP contribution in [0.25, 0.3) is 0 Å². The van der Waals surface area contributed by atoms with Gasteiger partial charge in [-0.3, -0.25) is 4.79 Å². The number of aryl methyl sites for hydroxylation is 1. The Morgan fingerprint density at radius 3 is 2.56 bits per heavy atom. The summed E-state index contributed by atoms with van der Waals surface area (Å²) in [5, 5.41) is 3.02. The first kappa shape index (κ1) is 17.4. The van der Waals surface area contributed by atoms with Gasteiger partial charge in [-0.15, -0.1) is 0 Å². The van der Waals surface area contributed by atoms with Gasteiger partial charge < -0.3 is 15.1 Å². The highest BCUT2D eigenvalue weighted by molar-refractivity contribution is 5.92. The Balaban J connectivity index is 1.53. The van der Waals surface area contributed by atoms with Gasteiger partial charge in [-0.2, -0.15) is 0 Å². The van der Waals surface area contributed by atoms with Gasteiger partial charge in [0, 0.05) is 5.69 Å². The highest BCUT2D eigenvalue weighted by atomic mass is 19.1. The second kappa shape index (κ2) is 7.66. The van der Waals surface area contributed by atoms with Gasteiger partial charge in [-0.1, -0.05) is 24.3 Å². The van der Waals surface area contributed by atoms with Crippen molar-refractivity contribution in [2.45, 2.75) is 13.8 Å². The van der Waals surface area contributed by atoms with Crippen molar-refractivity contribution in [2.75, 3.05) is 42.9 Å². The van der Waals surface area contributed by atoms with E-state index in [1.165, 1.54) is 16.5 Å². The second-order valence-electron chi connectivity index (χ2n) is 6.66. The first-order valence-electron chi connectivity index (χ1n) is 8.73. The number of piperazine rings is 1. The molecule has 4 nitrogen and oxygen atoms in total. The lowest BCUT2D eigenvalue weighted by molar-refractivity contribution is -0.892. The summed E-state index contributed by atoms with van der Waals surface area (Å²) in [6.07, 6.45) is 0. The highest BCUT2D eigenvalue weighted by Gasteiger charge is 2.23. The fourth-order valence-corrected chi connectivity index (χ4v) is 3.26. The van der Waals surface area contributed by atoms with E-state index in [4.69, 9.17) is 0 Å². The summed E-state index contributed by atoms with van der Waals surface area (Å²) in [7, 11) is 0. The minimum Gasteiger partial charge on any atom is -0.358 e. The van der Waals surface area contributed by atoms with E-state index >= 15 is 0 Å². The molecule has 5 heteroatoms. The van der Waals surface area contributed by atoms with Crippen molar-refractivity contribution in [2.24, 2.45) is 0 Å². The van der Waals surface area contributed by atoms with Crippen LogP contribution in [0.15, 0.2) is 42.5 Å². The van der Waals surface area contributed by atoms with Gasteiger partial charge in [-0.25, -0.2) is 4.39 Å². The van der Waals surface area contributed by atoms with Crippen molar-refractivity contribution >= 4 is 17.3 Å². The maximum Gasteiger partial charge on any atom is 0.279 e. The molecule has 0 bridgehead atoms. The number of quaternary nitrogens is 1. The molecule has 0 unspecified atom stereocenters. The molecular weight excluding hydrogens is 317 g/mol. The fraction of sp³-hybridized carbons (Fsp3) is 0.350. The first-order chi connectivity index (χ1) is 12.0. The molecule has 0 saturated carbocycles. The number of hydrogen-bond acceptors (Lipinski definition) is 2. The van der Waals surface area contributed by atoms with Gasteiger partial charge >= 0.3 is 0 Å². The lowest BCUT2D eigenvalue weighted by atomic mass is 10.1. The number of nitrogens with one attached hydrogen (secondary N) is 2. The number of hydrogen-bond donors (Lipinski definition) is 2. The van der Waals surface area contributed by atoms with Crippen molar-refractivity contribution in [3.63, 3.8) is 0 Å². The van der Waals surface area contributed by atoms with Crippen molar-refractivity contribution in [3.05, 3.63) is 59.4 Å². The van der Waals surface area contributed by atoms with Gasteiger partial charge in [0.25, 0.3) is 5.91 Å². The topological polar surface area (TPSA) is 36.8 Å². The summed E-state index contributed by atoms with van der Waals surface area (Å²) in [6.45, 7) is 7.67. The Morgan fingerprint density at radius 1 is 1.12 bits per heavy atom. The monoisotopic (exact) mass is 342 g/mol. The molecule has 0 atom stereocenters. The van der Waals surface area contributed by atoms with Crippen LogP contribution in [0.4, 0.5) is 15.8 Å². The molecule has 1 heterocycles. The van der Waals surface area contributed by atoms with Crippen molar-refractivity contribution in [1.29, 1.82) is 0 Å². The molecule has 0 aliphatic carbocycles. The van der Waals surface area contributed by atoms with Crippen molar-refractivity contribution < 1.29 is 14.1 Å². The molecule has 3 rings (SSSR count). The van der Waals surface area contributed by atoms with E-state index < -0.39 is 0 Å². The molecule has 25 heavy (non-hydrogen) atoms. The van der Waals surface area contributed by atoms with Gasteiger partial charge in [0.05, 0.1) is 31.9 Å². The number of halogens is 1. The summed E-state index contributed by atoms with van der Waals surface area (Å²) >= 11 is 0. The zero-order valence-corrected chi connectivity index (χ0v) is 14.8. The van der Waals surface area contributed by atoms with Crippen LogP contribution < -0.4 is 15.1 Å². The Bertz CT molecular complexity index is 754. The molecule has 1 saturated heterocycles. The molecule has 0 aromatic heterocycles.